The van der Waals surface area contributed by atoms with Gasteiger partial charge in [-0.3, -0.25) is 4.90 Å². The van der Waals surface area contributed by atoms with Crippen LogP contribution in [0.3, 0.4) is 0 Å². The number of nitrogens with one attached hydrogen (secondary N) is 1. The fourth-order valence-electron chi connectivity index (χ4n) is 3.39. The number of aromatic nitrogens is 3. The van der Waals surface area contributed by atoms with Crippen LogP contribution in [0, 0.1) is 0 Å². The molecule has 2 aromatic heterocycles. The molecule has 6 nitrogen and oxygen atoms in total. The summed E-state index contributed by atoms with van der Waals surface area (Å²) in [7, 11) is 1.66. The van der Waals surface area contributed by atoms with Gasteiger partial charge < -0.3 is 14.6 Å². The van der Waals surface area contributed by atoms with Gasteiger partial charge in [-0.05, 0) is 11.6 Å². The molecule has 0 saturated carbocycles. The van der Waals surface area contributed by atoms with Crippen LogP contribution in [-0.4, -0.2) is 59.7 Å². The quantitative estimate of drug-likeness (QED) is 0.768. The largest absolute Gasteiger partial charge is 0.491 e. The summed E-state index contributed by atoms with van der Waals surface area (Å²) in [5.41, 5.74) is 2.42. The Labute approximate surface area is 153 Å². The Hall–Kier alpha value is -2.86. The number of para-hydroxylation sites is 1. The number of H-pyrrole nitrogens is 1. The average Bonchev–Trinajstić information content (AvgIpc) is 3.12. The Morgan fingerprint density at radius 3 is 2.88 bits per heavy atom. The molecule has 0 spiro atoms. The van der Waals surface area contributed by atoms with Crippen LogP contribution in [0.2, 0.25) is 0 Å². The highest BCUT2D eigenvalue weighted by molar-refractivity contribution is 5.88. The van der Waals surface area contributed by atoms with Gasteiger partial charge in [-0.15, -0.1) is 0 Å². The van der Waals surface area contributed by atoms with Crippen molar-refractivity contribution in [2.75, 3.05) is 44.7 Å². The molecule has 0 atom stereocenters. The smallest absolute Gasteiger partial charge is 0.179 e. The van der Waals surface area contributed by atoms with Gasteiger partial charge in [-0.1, -0.05) is 30.4 Å². The zero-order valence-corrected chi connectivity index (χ0v) is 14.9. The summed E-state index contributed by atoms with van der Waals surface area (Å²) in [5, 5.41) is 1.27. The Balaban J connectivity index is 1.34. The van der Waals surface area contributed by atoms with Gasteiger partial charge in [0.15, 0.2) is 11.6 Å². The second-order valence-electron chi connectivity index (χ2n) is 6.39. The second-order valence-corrected chi connectivity index (χ2v) is 6.39. The van der Waals surface area contributed by atoms with Crippen molar-refractivity contribution in [3.8, 4) is 5.75 Å². The van der Waals surface area contributed by atoms with Crippen LogP contribution in [-0.2, 0) is 0 Å². The summed E-state index contributed by atoms with van der Waals surface area (Å²) in [4.78, 5) is 16.4. The Kier molecular flexibility index (Phi) is 4.84. The van der Waals surface area contributed by atoms with Gasteiger partial charge >= 0.3 is 0 Å². The number of ether oxygens (including phenoxy) is 1. The van der Waals surface area contributed by atoms with E-state index in [-0.39, 0.29) is 0 Å². The third kappa shape index (κ3) is 3.41. The van der Waals surface area contributed by atoms with Crippen LogP contribution in [0.15, 0.2) is 49.1 Å². The lowest BCUT2D eigenvalue weighted by Crippen LogP contribution is -2.46. The molecule has 1 N–H and O–H groups in total. The van der Waals surface area contributed by atoms with Crippen molar-refractivity contribution in [2.24, 2.45) is 0 Å². The molecule has 3 aromatic rings. The fourth-order valence-corrected chi connectivity index (χ4v) is 3.39. The lowest BCUT2D eigenvalue weighted by Gasteiger charge is -2.35. The molecule has 0 amide bonds. The minimum Gasteiger partial charge on any atom is -0.491 e. The molecule has 0 unspecified atom stereocenters. The van der Waals surface area contributed by atoms with Gasteiger partial charge in [0.2, 0.25) is 0 Å². The van der Waals surface area contributed by atoms with Crippen molar-refractivity contribution < 1.29 is 4.74 Å². The molecule has 1 aromatic carbocycles. The zero-order valence-electron chi connectivity index (χ0n) is 14.9. The van der Waals surface area contributed by atoms with Crippen LogP contribution in [0.4, 0.5) is 5.82 Å². The molecule has 1 fully saturated rings. The number of nitrogens with zero attached hydrogens (tertiary/aromatic N) is 4. The van der Waals surface area contributed by atoms with E-state index >= 15 is 0 Å². The Bertz CT molecular complexity index is 896. The summed E-state index contributed by atoms with van der Waals surface area (Å²) in [5.74, 6) is 1.62. The first-order valence-electron chi connectivity index (χ1n) is 8.89. The van der Waals surface area contributed by atoms with E-state index in [2.05, 4.69) is 67.4 Å². The SMILES string of the molecule is COc1cncnc1N1CCN(CC=Cc2c[nH]c3ccccc23)CC1. The molecule has 0 radical (unpaired) electrons. The van der Waals surface area contributed by atoms with Crippen LogP contribution in [0.25, 0.3) is 17.0 Å². The number of rotatable bonds is 5. The summed E-state index contributed by atoms with van der Waals surface area (Å²) < 4.78 is 5.37. The Morgan fingerprint density at radius 2 is 2.04 bits per heavy atom. The van der Waals surface area contributed by atoms with Crippen LogP contribution < -0.4 is 9.64 Å². The van der Waals surface area contributed by atoms with Crippen molar-refractivity contribution in [3.63, 3.8) is 0 Å². The first kappa shape index (κ1) is 16.6. The van der Waals surface area contributed by atoms with Crippen LogP contribution in [0.1, 0.15) is 5.56 Å². The number of anilines is 1. The minimum absolute atomic E-state index is 0.736. The molecule has 3 heterocycles. The number of hydrogen-bond acceptors (Lipinski definition) is 5. The van der Waals surface area contributed by atoms with E-state index in [1.54, 1.807) is 19.6 Å². The number of methoxy groups -OCH3 is 1. The van der Waals surface area contributed by atoms with E-state index in [1.807, 2.05) is 0 Å². The van der Waals surface area contributed by atoms with E-state index in [4.69, 9.17) is 4.74 Å². The van der Waals surface area contributed by atoms with Gasteiger partial charge in [0.1, 0.15) is 6.33 Å². The summed E-state index contributed by atoms with van der Waals surface area (Å²) in [6.45, 7) is 4.84. The molecule has 4 rings (SSSR count). The zero-order chi connectivity index (χ0) is 17.8. The molecule has 26 heavy (non-hydrogen) atoms. The monoisotopic (exact) mass is 349 g/mol. The number of aromatic amines is 1. The topological polar surface area (TPSA) is 57.3 Å². The highest BCUT2D eigenvalue weighted by atomic mass is 16.5. The van der Waals surface area contributed by atoms with Crippen LogP contribution in [0.5, 0.6) is 5.75 Å². The second kappa shape index (κ2) is 7.58. The third-order valence-corrected chi connectivity index (χ3v) is 4.83. The van der Waals surface area contributed by atoms with Crippen molar-refractivity contribution in [3.05, 3.63) is 54.6 Å². The van der Waals surface area contributed by atoms with E-state index in [1.165, 1.54) is 16.5 Å². The predicted octanol–water partition coefficient (Wildman–Crippen LogP) is 2.80. The van der Waals surface area contributed by atoms with E-state index in [9.17, 15) is 0 Å². The molecule has 6 heteroatoms. The normalized spacial score (nSPS) is 15.8. The van der Waals surface area contributed by atoms with Crippen molar-refractivity contribution in [1.29, 1.82) is 0 Å². The maximum atomic E-state index is 5.37. The molecule has 1 saturated heterocycles. The Morgan fingerprint density at radius 1 is 1.19 bits per heavy atom. The van der Waals surface area contributed by atoms with Gasteiger partial charge in [0.25, 0.3) is 0 Å². The van der Waals surface area contributed by atoms with Gasteiger partial charge in [0, 0.05) is 49.8 Å². The maximum absolute atomic E-state index is 5.37. The van der Waals surface area contributed by atoms with E-state index < -0.39 is 0 Å². The average molecular weight is 349 g/mol. The highest BCUT2D eigenvalue weighted by Crippen LogP contribution is 2.24. The standard InChI is InChI=1S/C20H23N5O/c1-26-19-14-21-15-23-20(19)25-11-9-24(10-12-25)8-4-5-16-13-22-18-7-3-2-6-17(16)18/h2-7,13-15,22H,8-12H2,1H3. The van der Waals surface area contributed by atoms with Gasteiger partial charge in [0.05, 0.1) is 13.3 Å². The van der Waals surface area contributed by atoms with Crippen molar-refractivity contribution in [1.82, 2.24) is 19.9 Å². The van der Waals surface area contributed by atoms with E-state index in [0.29, 0.717) is 0 Å². The summed E-state index contributed by atoms with van der Waals surface area (Å²) >= 11 is 0. The first-order chi connectivity index (χ1) is 12.8. The first-order valence-corrected chi connectivity index (χ1v) is 8.89. The highest BCUT2D eigenvalue weighted by Gasteiger charge is 2.20. The molecular formula is C20H23N5O. The van der Waals surface area contributed by atoms with Gasteiger partial charge in [-0.25, -0.2) is 9.97 Å². The maximum Gasteiger partial charge on any atom is 0.179 e. The lowest BCUT2D eigenvalue weighted by atomic mass is 10.1. The predicted molar refractivity (Wildman–Crippen MR) is 105 cm³/mol. The van der Waals surface area contributed by atoms with E-state index in [0.717, 1.165) is 44.3 Å². The number of piperazine rings is 1. The summed E-state index contributed by atoms with van der Waals surface area (Å²) in [6, 6.07) is 8.39. The fraction of sp³-hybridized carbons (Fsp3) is 0.300. The van der Waals surface area contributed by atoms with Crippen molar-refractivity contribution >= 4 is 22.8 Å². The number of hydrogen-bond donors (Lipinski definition) is 1. The number of benzene rings is 1. The summed E-state index contributed by atoms with van der Waals surface area (Å²) in [6.07, 6.45) is 9.82. The lowest BCUT2D eigenvalue weighted by molar-refractivity contribution is 0.282. The van der Waals surface area contributed by atoms with Crippen LogP contribution >= 0.6 is 0 Å². The molecular weight excluding hydrogens is 326 g/mol. The molecule has 0 aliphatic carbocycles. The molecule has 0 bridgehead atoms. The van der Waals surface area contributed by atoms with Gasteiger partial charge in [-0.2, -0.15) is 0 Å². The van der Waals surface area contributed by atoms with Crippen molar-refractivity contribution in [2.45, 2.75) is 0 Å². The third-order valence-electron chi connectivity index (χ3n) is 4.83. The molecule has 1 aliphatic rings. The molecule has 1 aliphatic heterocycles. The molecule has 134 valence electrons. The minimum atomic E-state index is 0.736. The number of fused-ring (bicyclic) bond motifs is 1.